The zero-order valence-electron chi connectivity index (χ0n) is 17.0. The van der Waals surface area contributed by atoms with Crippen molar-refractivity contribution in [2.75, 3.05) is 6.61 Å². The fraction of sp³-hybridized carbons (Fsp3) is 0.455. The quantitative estimate of drug-likeness (QED) is 0.417. The minimum atomic E-state index is -0.670. The number of benzene rings is 1. The molecule has 4 atom stereocenters. The van der Waals surface area contributed by atoms with Crippen molar-refractivity contribution in [3.05, 3.63) is 69.8 Å². The second kappa shape index (κ2) is 7.66. The molecule has 1 aliphatic carbocycles. The van der Waals surface area contributed by atoms with Crippen molar-refractivity contribution in [1.29, 1.82) is 0 Å². The fourth-order valence-electron chi connectivity index (χ4n) is 4.65. The average molecular weight is 413 g/mol. The maximum absolute atomic E-state index is 13.6. The highest BCUT2D eigenvalue weighted by atomic mass is 19.1. The van der Waals surface area contributed by atoms with Crippen LogP contribution in [0.3, 0.4) is 0 Å². The lowest BCUT2D eigenvalue weighted by molar-refractivity contribution is -0.420. The van der Waals surface area contributed by atoms with E-state index in [0.717, 1.165) is 18.4 Å². The normalized spacial score (nSPS) is 30.0. The Bertz CT molecular complexity index is 956. The average Bonchev–Trinajstić information content (AvgIpc) is 2.67. The smallest absolute Gasteiger partial charge is 0.309 e. The Kier molecular flexibility index (Phi) is 5.17. The van der Waals surface area contributed by atoms with Crippen LogP contribution in [0.5, 0.6) is 0 Å². The van der Waals surface area contributed by atoms with E-state index in [4.69, 9.17) is 9.73 Å². The van der Waals surface area contributed by atoms with E-state index >= 15 is 0 Å². The van der Waals surface area contributed by atoms with Gasteiger partial charge in [0.1, 0.15) is 11.7 Å². The molecule has 158 valence electrons. The van der Waals surface area contributed by atoms with Gasteiger partial charge in [0.15, 0.2) is 0 Å². The number of rotatable bonds is 5. The van der Waals surface area contributed by atoms with Gasteiger partial charge in [-0.25, -0.2) is 4.39 Å². The van der Waals surface area contributed by atoms with Crippen molar-refractivity contribution in [1.82, 2.24) is 4.90 Å². The molecule has 1 aromatic rings. The van der Waals surface area contributed by atoms with Gasteiger partial charge in [-0.15, -0.1) is 0 Å². The summed E-state index contributed by atoms with van der Waals surface area (Å²) in [6.45, 7) is 4.12. The molecule has 2 heterocycles. The van der Waals surface area contributed by atoms with Crippen LogP contribution in [0.4, 0.5) is 4.39 Å². The summed E-state index contributed by atoms with van der Waals surface area (Å²) in [6.07, 6.45) is 6.78. The van der Waals surface area contributed by atoms with Crippen LogP contribution in [0.25, 0.3) is 0 Å². The number of amidine groups is 1. The molecular weight excluding hydrogens is 389 g/mol. The summed E-state index contributed by atoms with van der Waals surface area (Å²) in [6, 6.07) is 6.06. The summed E-state index contributed by atoms with van der Waals surface area (Å²) in [5.41, 5.74) is 0.132. The molecule has 0 bridgehead atoms. The topological polar surface area (TPSA) is 85.0 Å². The number of allylic oxidation sites excluding steroid dienone is 1. The van der Waals surface area contributed by atoms with Crippen LogP contribution in [0.2, 0.25) is 0 Å². The van der Waals surface area contributed by atoms with Crippen LogP contribution in [0.15, 0.2) is 53.3 Å². The van der Waals surface area contributed by atoms with Crippen molar-refractivity contribution in [2.24, 2.45) is 16.8 Å². The molecule has 3 aliphatic rings. The van der Waals surface area contributed by atoms with Crippen molar-refractivity contribution in [3.63, 3.8) is 0 Å². The van der Waals surface area contributed by atoms with Gasteiger partial charge in [0.2, 0.25) is 0 Å². The Morgan fingerprint density at radius 1 is 1.33 bits per heavy atom. The number of halogens is 1. The molecule has 0 spiro atoms. The number of carbonyl (C=O) groups excluding carboxylic acids is 1. The summed E-state index contributed by atoms with van der Waals surface area (Å²) in [5.74, 6) is -0.0358. The first-order valence-electron chi connectivity index (χ1n) is 10.2. The van der Waals surface area contributed by atoms with E-state index in [1.165, 1.54) is 24.4 Å². The number of ether oxygens (including phenoxy) is 1. The van der Waals surface area contributed by atoms with E-state index in [9.17, 15) is 19.3 Å². The number of aliphatic imine (C=N–C) groups is 1. The number of carbonyl (C=O) groups is 1. The van der Waals surface area contributed by atoms with Crippen LogP contribution in [0.1, 0.15) is 38.7 Å². The zero-order valence-corrected chi connectivity index (χ0v) is 17.0. The molecule has 0 radical (unpaired) electrons. The van der Waals surface area contributed by atoms with Gasteiger partial charge in [-0.3, -0.25) is 19.9 Å². The molecule has 7 nitrogen and oxygen atoms in total. The summed E-state index contributed by atoms with van der Waals surface area (Å²) < 4.78 is 18.8. The number of fused-ring (bicyclic) bond motifs is 1. The van der Waals surface area contributed by atoms with E-state index in [1.807, 2.05) is 6.92 Å². The Hall–Kier alpha value is -3.03. The fourth-order valence-corrected chi connectivity index (χ4v) is 4.65. The molecule has 1 saturated carbocycles. The summed E-state index contributed by atoms with van der Waals surface area (Å²) in [7, 11) is 0. The molecule has 1 aromatic carbocycles. The molecular formula is C22H24FN3O4. The zero-order chi connectivity index (χ0) is 21.5. The molecule has 0 amide bonds. The van der Waals surface area contributed by atoms with Crippen molar-refractivity contribution in [2.45, 2.75) is 44.7 Å². The molecule has 0 aromatic heterocycles. The van der Waals surface area contributed by atoms with Crippen LogP contribution in [-0.2, 0) is 15.1 Å². The van der Waals surface area contributed by atoms with Gasteiger partial charge in [-0.05, 0) is 62.8 Å². The molecule has 30 heavy (non-hydrogen) atoms. The lowest BCUT2D eigenvalue weighted by Crippen LogP contribution is -2.54. The number of nitro groups is 1. The second-order valence-corrected chi connectivity index (χ2v) is 8.15. The maximum Gasteiger partial charge on any atom is 0.309 e. The van der Waals surface area contributed by atoms with E-state index in [-0.39, 0.29) is 35.4 Å². The van der Waals surface area contributed by atoms with Crippen LogP contribution >= 0.6 is 0 Å². The monoisotopic (exact) mass is 413 g/mol. The number of hydrogen-bond acceptors (Lipinski definition) is 6. The van der Waals surface area contributed by atoms with Crippen molar-refractivity contribution < 1.29 is 18.8 Å². The van der Waals surface area contributed by atoms with Gasteiger partial charge in [0, 0.05) is 6.08 Å². The highest BCUT2D eigenvalue weighted by Crippen LogP contribution is 2.47. The first-order chi connectivity index (χ1) is 14.3. The number of nitrogens with zero attached hydrogens (tertiary/aromatic N) is 3. The predicted octanol–water partition coefficient (Wildman–Crippen LogP) is 3.79. The van der Waals surface area contributed by atoms with Crippen LogP contribution in [-0.4, -0.2) is 34.3 Å². The third-order valence-corrected chi connectivity index (χ3v) is 6.44. The van der Waals surface area contributed by atoms with E-state index in [1.54, 1.807) is 30.0 Å². The largest absolute Gasteiger partial charge is 0.466 e. The third kappa shape index (κ3) is 3.40. The second-order valence-electron chi connectivity index (χ2n) is 8.15. The molecule has 0 N–H and O–H groups in total. The highest BCUT2D eigenvalue weighted by molar-refractivity contribution is 5.96. The molecule has 4 unspecified atom stereocenters. The van der Waals surface area contributed by atoms with Gasteiger partial charge < -0.3 is 9.64 Å². The van der Waals surface area contributed by atoms with Crippen molar-refractivity contribution in [3.8, 4) is 0 Å². The third-order valence-electron chi connectivity index (χ3n) is 6.44. The summed E-state index contributed by atoms with van der Waals surface area (Å²) >= 11 is 0. The van der Waals surface area contributed by atoms with E-state index in [0.29, 0.717) is 18.9 Å². The van der Waals surface area contributed by atoms with Crippen LogP contribution < -0.4 is 0 Å². The van der Waals surface area contributed by atoms with Crippen molar-refractivity contribution >= 4 is 11.8 Å². The minimum Gasteiger partial charge on any atom is -0.466 e. The SMILES string of the molecule is CCOC(=O)C1CCC1C1CC(C)(c2ccc(F)cc2)N2C=C([N+](=O)[O-])C=CC2=N1. The summed E-state index contributed by atoms with van der Waals surface area (Å²) in [4.78, 5) is 29.9. The standard InChI is InChI=1S/C22H24FN3O4/c1-3-30-21(27)18-10-9-17(18)19-12-22(2,14-4-6-15(23)7-5-14)25-13-16(26(28)29)8-11-20(25)24-19/h4-8,11,13,17-19H,3,9-10,12H2,1-2H3. The molecule has 0 saturated heterocycles. The predicted molar refractivity (Wildman–Crippen MR) is 108 cm³/mol. The maximum atomic E-state index is 13.6. The Labute approximate surface area is 174 Å². The van der Waals surface area contributed by atoms with Gasteiger partial charge in [0.05, 0.1) is 35.2 Å². The number of hydrogen-bond donors (Lipinski definition) is 0. The number of esters is 1. The lowest BCUT2D eigenvalue weighted by Gasteiger charge is -2.50. The first-order valence-corrected chi connectivity index (χ1v) is 10.2. The summed E-state index contributed by atoms with van der Waals surface area (Å²) in [5, 5.41) is 11.3. The Morgan fingerprint density at radius 3 is 2.67 bits per heavy atom. The molecule has 2 aliphatic heterocycles. The lowest BCUT2D eigenvalue weighted by atomic mass is 9.66. The van der Waals surface area contributed by atoms with Crippen LogP contribution in [0, 0.1) is 27.8 Å². The van der Waals surface area contributed by atoms with Gasteiger partial charge in [-0.1, -0.05) is 12.1 Å². The van der Waals surface area contributed by atoms with Gasteiger partial charge in [-0.2, -0.15) is 0 Å². The highest BCUT2D eigenvalue weighted by Gasteiger charge is 2.49. The molecule has 4 rings (SSSR count). The Morgan fingerprint density at radius 2 is 2.07 bits per heavy atom. The molecule has 8 heteroatoms. The van der Waals surface area contributed by atoms with Gasteiger partial charge >= 0.3 is 5.97 Å². The molecule has 1 fully saturated rings. The van der Waals surface area contributed by atoms with E-state index < -0.39 is 10.5 Å². The Balaban J connectivity index is 1.72. The first kappa shape index (κ1) is 20.3. The van der Waals surface area contributed by atoms with Gasteiger partial charge in [0.25, 0.3) is 5.70 Å². The van der Waals surface area contributed by atoms with E-state index in [2.05, 4.69) is 0 Å². The minimum absolute atomic E-state index is 0.0335.